The van der Waals surface area contributed by atoms with Crippen LogP contribution in [0.1, 0.15) is 39.5 Å². The van der Waals surface area contributed by atoms with Crippen molar-refractivity contribution in [2.24, 2.45) is 0 Å². The van der Waals surface area contributed by atoms with Crippen molar-refractivity contribution in [3.8, 4) is 0 Å². The van der Waals surface area contributed by atoms with Gasteiger partial charge in [0.25, 0.3) is 7.72 Å². The first-order valence-electron chi connectivity index (χ1n) is 4.45. The van der Waals surface area contributed by atoms with Crippen LogP contribution in [0.15, 0.2) is 0 Å². The Labute approximate surface area is 70.1 Å². The van der Waals surface area contributed by atoms with Crippen LogP contribution in [0.3, 0.4) is 0 Å². The van der Waals surface area contributed by atoms with Gasteiger partial charge in [0, 0.05) is 0 Å². The highest BCUT2D eigenvalue weighted by atomic mass is 31.2. The molecule has 0 radical (unpaired) electrons. The first-order valence-corrected chi connectivity index (χ1v) is 6.51. The predicted octanol–water partition coefficient (Wildman–Crippen LogP) is 2.42. The van der Waals surface area contributed by atoms with Gasteiger partial charge in [-0.3, -0.25) is 0 Å². The fourth-order valence-electron chi connectivity index (χ4n) is 0.934. The van der Waals surface area contributed by atoms with Gasteiger partial charge >= 0.3 is 0 Å². The normalized spacial score (nSPS) is 12.0. The number of hydrogen-bond donors (Lipinski definition) is 2. The summed E-state index contributed by atoms with van der Waals surface area (Å²) in [6.07, 6.45) is 5.26. The van der Waals surface area contributed by atoms with E-state index in [1.165, 1.54) is 0 Å². The van der Waals surface area contributed by atoms with E-state index in [0.717, 1.165) is 25.7 Å². The van der Waals surface area contributed by atoms with Crippen LogP contribution < -0.4 is 0 Å². The van der Waals surface area contributed by atoms with Gasteiger partial charge in [-0.25, -0.2) is 9.79 Å². The van der Waals surface area contributed by atoms with Crippen LogP contribution >= 0.6 is 7.72 Å². The molecule has 0 rings (SSSR count). The lowest BCUT2D eigenvalue weighted by molar-refractivity contribution is 0.443. The maximum absolute atomic E-state index is 9.44. The van der Waals surface area contributed by atoms with E-state index in [0.29, 0.717) is 12.3 Å². The first-order chi connectivity index (χ1) is 5.12. The Morgan fingerprint density at radius 1 is 0.909 bits per heavy atom. The van der Waals surface area contributed by atoms with Crippen LogP contribution in [0.2, 0.25) is 0 Å². The van der Waals surface area contributed by atoms with Crippen molar-refractivity contribution >= 4 is 7.72 Å². The lowest BCUT2D eigenvalue weighted by atomic mass is 10.4. The highest BCUT2D eigenvalue weighted by Crippen LogP contribution is 2.51. The lowest BCUT2D eigenvalue weighted by Crippen LogP contribution is -2.01. The Morgan fingerprint density at radius 3 is 1.55 bits per heavy atom. The third-order valence-corrected chi connectivity index (χ3v) is 3.80. The van der Waals surface area contributed by atoms with Crippen molar-refractivity contribution < 1.29 is 9.79 Å². The van der Waals surface area contributed by atoms with Gasteiger partial charge in [-0.15, -0.1) is 0 Å². The fraction of sp³-hybridized carbons (Fsp3) is 1.00. The highest BCUT2D eigenvalue weighted by Gasteiger charge is 2.30. The van der Waals surface area contributed by atoms with E-state index < -0.39 is 7.72 Å². The van der Waals surface area contributed by atoms with Crippen molar-refractivity contribution in [3.05, 3.63) is 0 Å². The molecule has 0 fully saturated rings. The van der Waals surface area contributed by atoms with Crippen molar-refractivity contribution in [2.75, 3.05) is 12.3 Å². The van der Waals surface area contributed by atoms with Gasteiger partial charge in [0.05, 0.1) is 0 Å². The summed E-state index contributed by atoms with van der Waals surface area (Å²) >= 11 is 0. The SMILES string of the molecule is CCCC[P+](O)(O)CCCC. The second-order valence-electron chi connectivity index (χ2n) is 3.03. The molecule has 11 heavy (non-hydrogen) atoms. The fourth-order valence-corrected chi connectivity index (χ4v) is 2.80. The number of hydrogen-bond acceptors (Lipinski definition) is 2. The van der Waals surface area contributed by atoms with Crippen LogP contribution in [-0.2, 0) is 0 Å². The Hall–Kier alpha value is 0.350. The average Bonchev–Trinajstić information content (AvgIpc) is 1.97. The molecule has 0 spiro atoms. The minimum absolute atomic E-state index is 0.628. The van der Waals surface area contributed by atoms with Gasteiger partial charge < -0.3 is 0 Å². The molecule has 0 aliphatic heterocycles. The molecule has 2 nitrogen and oxygen atoms in total. The predicted molar refractivity (Wildman–Crippen MR) is 50.9 cm³/mol. The summed E-state index contributed by atoms with van der Waals surface area (Å²) in [5, 5.41) is 0. The van der Waals surface area contributed by atoms with Gasteiger partial charge in [-0.1, -0.05) is 26.7 Å². The summed E-state index contributed by atoms with van der Waals surface area (Å²) in [5.74, 6) is 0. The minimum Gasteiger partial charge on any atom is -0.220 e. The molecule has 68 valence electrons. The van der Waals surface area contributed by atoms with Gasteiger partial charge in [0.15, 0.2) is 0 Å². The summed E-state index contributed by atoms with van der Waals surface area (Å²) in [4.78, 5) is 18.9. The zero-order valence-electron chi connectivity index (χ0n) is 7.58. The molecule has 0 unspecified atom stereocenters. The van der Waals surface area contributed by atoms with Crippen LogP contribution in [-0.4, -0.2) is 22.1 Å². The zero-order valence-corrected chi connectivity index (χ0v) is 8.48. The van der Waals surface area contributed by atoms with Gasteiger partial charge in [0.1, 0.15) is 12.3 Å². The van der Waals surface area contributed by atoms with E-state index in [4.69, 9.17) is 0 Å². The topological polar surface area (TPSA) is 40.5 Å². The van der Waals surface area contributed by atoms with Crippen LogP contribution in [0.4, 0.5) is 0 Å². The second kappa shape index (κ2) is 5.93. The zero-order chi connectivity index (χ0) is 8.74. The summed E-state index contributed by atoms with van der Waals surface area (Å²) in [6, 6.07) is 0. The van der Waals surface area contributed by atoms with Crippen molar-refractivity contribution in [1.82, 2.24) is 0 Å². The van der Waals surface area contributed by atoms with E-state index in [2.05, 4.69) is 13.8 Å². The first kappa shape index (κ1) is 11.4. The maximum Gasteiger partial charge on any atom is 0.267 e. The molecule has 0 atom stereocenters. The summed E-state index contributed by atoms with van der Waals surface area (Å²) in [6.45, 7) is 4.14. The third-order valence-electron chi connectivity index (χ3n) is 1.74. The molecule has 0 aromatic heterocycles. The Morgan fingerprint density at radius 2 is 1.27 bits per heavy atom. The number of unbranched alkanes of at least 4 members (excludes halogenated alkanes) is 2. The van der Waals surface area contributed by atoms with Crippen LogP contribution in [0.25, 0.3) is 0 Å². The largest absolute Gasteiger partial charge is 0.267 e. The molecule has 0 saturated carbocycles. The standard InChI is InChI=1S/C8H20O2P/c1-3-5-7-11(9,10)8-6-4-2/h9-10H,3-8H2,1-2H3/q+1. The molecular weight excluding hydrogens is 159 g/mol. The molecule has 0 aliphatic rings. The quantitative estimate of drug-likeness (QED) is 0.615. The van der Waals surface area contributed by atoms with Gasteiger partial charge in [-0.2, -0.15) is 0 Å². The smallest absolute Gasteiger partial charge is 0.220 e. The van der Waals surface area contributed by atoms with Crippen LogP contribution in [0, 0.1) is 0 Å². The van der Waals surface area contributed by atoms with E-state index in [-0.39, 0.29) is 0 Å². The average molecular weight is 179 g/mol. The second-order valence-corrected chi connectivity index (χ2v) is 5.68. The van der Waals surface area contributed by atoms with E-state index in [1.807, 2.05) is 0 Å². The molecule has 0 amide bonds. The molecule has 0 bridgehead atoms. The number of rotatable bonds is 6. The van der Waals surface area contributed by atoms with Crippen LogP contribution in [0.5, 0.6) is 0 Å². The Bertz CT molecular complexity index is 84.1. The highest BCUT2D eigenvalue weighted by molar-refractivity contribution is 7.64. The van der Waals surface area contributed by atoms with E-state index in [9.17, 15) is 9.79 Å². The summed E-state index contributed by atoms with van der Waals surface area (Å²) in [5.41, 5.74) is 0. The van der Waals surface area contributed by atoms with E-state index in [1.54, 1.807) is 0 Å². The molecular formula is C8H20O2P+. The molecule has 2 N–H and O–H groups in total. The van der Waals surface area contributed by atoms with Crippen molar-refractivity contribution in [1.29, 1.82) is 0 Å². The van der Waals surface area contributed by atoms with Crippen molar-refractivity contribution in [2.45, 2.75) is 39.5 Å². The molecule has 0 saturated heterocycles. The molecule has 0 heterocycles. The Balaban J connectivity index is 3.43. The van der Waals surface area contributed by atoms with E-state index >= 15 is 0 Å². The molecule has 0 aromatic carbocycles. The van der Waals surface area contributed by atoms with Crippen molar-refractivity contribution in [3.63, 3.8) is 0 Å². The summed E-state index contributed by atoms with van der Waals surface area (Å²) < 4.78 is 0. The third kappa shape index (κ3) is 6.74. The maximum atomic E-state index is 9.44. The van der Waals surface area contributed by atoms with Gasteiger partial charge in [-0.05, 0) is 12.8 Å². The lowest BCUT2D eigenvalue weighted by Gasteiger charge is -2.10. The summed E-state index contributed by atoms with van der Waals surface area (Å²) in [7, 11) is -2.48. The van der Waals surface area contributed by atoms with Gasteiger partial charge in [0.2, 0.25) is 0 Å². The molecule has 0 aromatic rings. The Kier molecular flexibility index (Phi) is 6.12. The minimum atomic E-state index is -2.48. The monoisotopic (exact) mass is 179 g/mol. The molecule has 3 heteroatoms. The molecule has 0 aliphatic carbocycles.